The highest BCUT2D eigenvalue weighted by Crippen LogP contribution is 2.40. The lowest BCUT2D eigenvalue weighted by Gasteiger charge is -2.12. The Hall–Kier alpha value is -3.63. The van der Waals surface area contributed by atoms with Gasteiger partial charge < -0.3 is 9.30 Å². The van der Waals surface area contributed by atoms with Crippen molar-refractivity contribution in [3.05, 3.63) is 130 Å². The molecular weight excluding hydrogens is 472 g/mol. The summed E-state index contributed by atoms with van der Waals surface area (Å²) in [6.07, 6.45) is 0. The zero-order valence-corrected chi connectivity index (χ0v) is 19.9. The van der Waals surface area contributed by atoms with Gasteiger partial charge in [0.05, 0.1) is 22.8 Å². The SMILES string of the molecule is COc1ccc2c(c1)c(Br)c(N=C(c1ccccc1)c1ccccc1)n2Cc1ccccc1. The highest BCUT2D eigenvalue weighted by molar-refractivity contribution is 9.10. The van der Waals surface area contributed by atoms with Gasteiger partial charge in [-0.25, -0.2) is 4.99 Å². The summed E-state index contributed by atoms with van der Waals surface area (Å²) in [5.74, 6) is 1.70. The molecular formula is C29H23BrN2O. The van der Waals surface area contributed by atoms with Crippen molar-refractivity contribution in [2.75, 3.05) is 7.11 Å². The second-order valence-electron chi connectivity index (χ2n) is 7.78. The molecule has 0 spiro atoms. The van der Waals surface area contributed by atoms with Gasteiger partial charge in [0, 0.05) is 23.1 Å². The number of fused-ring (bicyclic) bond motifs is 1. The fourth-order valence-electron chi connectivity index (χ4n) is 4.04. The van der Waals surface area contributed by atoms with Gasteiger partial charge in [-0.3, -0.25) is 0 Å². The summed E-state index contributed by atoms with van der Waals surface area (Å²) in [7, 11) is 1.69. The Morgan fingerprint density at radius 3 is 1.94 bits per heavy atom. The minimum absolute atomic E-state index is 0.713. The largest absolute Gasteiger partial charge is 0.497 e. The zero-order chi connectivity index (χ0) is 22.6. The monoisotopic (exact) mass is 494 g/mol. The van der Waals surface area contributed by atoms with E-state index in [4.69, 9.17) is 9.73 Å². The van der Waals surface area contributed by atoms with Gasteiger partial charge in [0.1, 0.15) is 11.6 Å². The molecule has 0 saturated heterocycles. The molecule has 5 rings (SSSR count). The zero-order valence-electron chi connectivity index (χ0n) is 18.3. The molecule has 0 N–H and O–H groups in total. The lowest BCUT2D eigenvalue weighted by atomic mass is 10.0. The van der Waals surface area contributed by atoms with Crippen molar-refractivity contribution in [2.24, 2.45) is 4.99 Å². The van der Waals surface area contributed by atoms with E-state index >= 15 is 0 Å². The Bertz CT molecular complexity index is 1370. The Morgan fingerprint density at radius 2 is 1.36 bits per heavy atom. The predicted molar refractivity (Wildman–Crippen MR) is 140 cm³/mol. The number of nitrogens with zero attached hydrogens (tertiary/aromatic N) is 2. The number of benzene rings is 4. The minimum Gasteiger partial charge on any atom is -0.497 e. The van der Waals surface area contributed by atoms with Crippen LogP contribution in [0.3, 0.4) is 0 Å². The van der Waals surface area contributed by atoms with Crippen molar-refractivity contribution >= 4 is 38.4 Å². The average molecular weight is 495 g/mol. The molecule has 0 aliphatic rings. The van der Waals surface area contributed by atoms with Crippen LogP contribution < -0.4 is 4.74 Å². The maximum Gasteiger partial charge on any atom is 0.149 e. The number of methoxy groups -OCH3 is 1. The van der Waals surface area contributed by atoms with Crippen molar-refractivity contribution < 1.29 is 4.74 Å². The molecule has 4 aromatic carbocycles. The molecule has 0 fully saturated rings. The minimum atomic E-state index is 0.713. The van der Waals surface area contributed by atoms with Gasteiger partial charge in [-0.1, -0.05) is 91.0 Å². The first kappa shape index (κ1) is 21.2. The van der Waals surface area contributed by atoms with Gasteiger partial charge in [-0.15, -0.1) is 0 Å². The molecule has 0 unspecified atom stereocenters. The summed E-state index contributed by atoms with van der Waals surface area (Å²) in [6, 6.07) is 37.3. The lowest BCUT2D eigenvalue weighted by Crippen LogP contribution is -2.05. The van der Waals surface area contributed by atoms with E-state index in [1.807, 2.05) is 48.5 Å². The van der Waals surface area contributed by atoms with Gasteiger partial charge >= 0.3 is 0 Å². The fourth-order valence-corrected chi connectivity index (χ4v) is 4.66. The van der Waals surface area contributed by atoms with Gasteiger partial charge in [-0.05, 0) is 39.7 Å². The van der Waals surface area contributed by atoms with Crippen LogP contribution in [0.5, 0.6) is 5.75 Å². The predicted octanol–water partition coefficient (Wildman–Crippen LogP) is 7.63. The third-order valence-corrected chi connectivity index (χ3v) is 6.46. The maximum atomic E-state index is 5.50. The normalized spacial score (nSPS) is 10.8. The smallest absolute Gasteiger partial charge is 0.149 e. The third-order valence-electron chi connectivity index (χ3n) is 5.68. The molecule has 4 heteroatoms. The quantitative estimate of drug-likeness (QED) is 0.223. The lowest BCUT2D eigenvalue weighted by molar-refractivity contribution is 0.415. The van der Waals surface area contributed by atoms with E-state index in [9.17, 15) is 0 Å². The maximum absolute atomic E-state index is 5.50. The van der Waals surface area contributed by atoms with Crippen LogP contribution in [0.4, 0.5) is 5.82 Å². The van der Waals surface area contributed by atoms with Gasteiger partial charge in [0.25, 0.3) is 0 Å². The number of aliphatic imine (C=N–C) groups is 1. The number of hydrogen-bond donors (Lipinski definition) is 0. The molecule has 0 atom stereocenters. The standard InChI is InChI=1S/C29H23BrN2O/c1-33-24-17-18-26-25(19-24)27(30)29(32(26)20-21-11-5-2-6-12-21)31-28(22-13-7-3-8-14-22)23-15-9-4-10-16-23/h2-19H,20H2,1H3. The molecule has 0 aliphatic carbocycles. The summed E-state index contributed by atoms with van der Waals surface area (Å²) >= 11 is 3.87. The summed E-state index contributed by atoms with van der Waals surface area (Å²) in [5, 5.41) is 1.07. The number of halogens is 1. The van der Waals surface area contributed by atoms with Crippen molar-refractivity contribution in [2.45, 2.75) is 6.54 Å². The number of rotatable bonds is 6. The molecule has 3 nitrogen and oxygen atoms in total. The van der Waals surface area contributed by atoms with E-state index < -0.39 is 0 Å². The first-order valence-electron chi connectivity index (χ1n) is 10.8. The van der Waals surface area contributed by atoms with Crippen LogP contribution in [0.2, 0.25) is 0 Å². The second kappa shape index (κ2) is 9.47. The molecule has 0 bridgehead atoms. The van der Waals surface area contributed by atoms with E-state index in [2.05, 4.69) is 81.2 Å². The number of ether oxygens (including phenoxy) is 1. The molecule has 0 amide bonds. The Labute approximate surface area is 202 Å². The van der Waals surface area contributed by atoms with E-state index in [0.29, 0.717) is 6.54 Å². The van der Waals surface area contributed by atoms with Crippen LogP contribution in [-0.2, 0) is 6.54 Å². The molecule has 1 aromatic heterocycles. The summed E-state index contributed by atoms with van der Waals surface area (Å²) in [4.78, 5) is 5.28. The fraction of sp³-hybridized carbons (Fsp3) is 0.0690. The Morgan fingerprint density at radius 1 is 0.788 bits per heavy atom. The molecule has 33 heavy (non-hydrogen) atoms. The molecule has 162 valence electrons. The van der Waals surface area contributed by atoms with Crippen LogP contribution in [0.1, 0.15) is 16.7 Å². The first-order chi connectivity index (χ1) is 16.2. The number of hydrogen-bond acceptors (Lipinski definition) is 2. The molecule has 5 aromatic rings. The molecule has 1 heterocycles. The van der Waals surface area contributed by atoms with E-state index in [-0.39, 0.29) is 0 Å². The number of aromatic nitrogens is 1. The van der Waals surface area contributed by atoms with Crippen LogP contribution in [0.15, 0.2) is 119 Å². The van der Waals surface area contributed by atoms with Crippen LogP contribution >= 0.6 is 15.9 Å². The van der Waals surface area contributed by atoms with Crippen LogP contribution in [0, 0.1) is 0 Å². The van der Waals surface area contributed by atoms with Crippen LogP contribution in [0.25, 0.3) is 10.9 Å². The van der Waals surface area contributed by atoms with Crippen LogP contribution in [-0.4, -0.2) is 17.4 Å². The van der Waals surface area contributed by atoms with E-state index in [1.165, 1.54) is 5.56 Å². The molecule has 0 saturated carbocycles. The van der Waals surface area contributed by atoms with Gasteiger partial charge in [-0.2, -0.15) is 0 Å². The highest BCUT2D eigenvalue weighted by atomic mass is 79.9. The van der Waals surface area contributed by atoms with Crippen molar-refractivity contribution in [3.8, 4) is 5.75 Å². The van der Waals surface area contributed by atoms with Crippen molar-refractivity contribution in [1.82, 2.24) is 4.57 Å². The van der Waals surface area contributed by atoms with E-state index in [1.54, 1.807) is 7.11 Å². The first-order valence-corrected chi connectivity index (χ1v) is 11.6. The van der Waals surface area contributed by atoms with Gasteiger partial charge in [0.2, 0.25) is 0 Å². The highest BCUT2D eigenvalue weighted by Gasteiger charge is 2.18. The van der Waals surface area contributed by atoms with Gasteiger partial charge in [0.15, 0.2) is 0 Å². The topological polar surface area (TPSA) is 26.5 Å². The van der Waals surface area contributed by atoms with E-state index in [0.717, 1.165) is 43.8 Å². The third kappa shape index (κ3) is 4.35. The van der Waals surface area contributed by atoms with Crippen molar-refractivity contribution in [1.29, 1.82) is 0 Å². The summed E-state index contributed by atoms with van der Waals surface area (Å²) in [5.41, 5.74) is 5.40. The Kier molecular flexibility index (Phi) is 6.09. The summed E-state index contributed by atoms with van der Waals surface area (Å²) < 4.78 is 8.72. The van der Waals surface area contributed by atoms with Crippen molar-refractivity contribution in [3.63, 3.8) is 0 Å². The average Bonchev–Trinajstić information content (AvgIpc) is 3.14. The summed E-state index contributed by atoms with van der Waals surface area (Å²) in [6.45, 7) is 0.713. The molecule has 0 radical (unpaired) electrons. The Balaban J connectivity index is 1.77. The molecule has 0 aliphatic heterocycles. The second-order valence-corrected chi connectivity index (χ2v) is 8.58.